The van der Waals surface area contributed by atoms with Crippen molar-refractivity contribution in [2.45, 2.75) is 4.90 Å². The van der Waals surface area contributed by atoms with E-state index in [-0.39, 0.29) is 22.0 Å². The van der Waals surface area contributed by atoms with Crippen LogP contribution in [0.15, 0.2) is 77.7 Å². The third-order valence-electron chi connectivity index (χ3n) is 4.38. The normalized spacial score (nSPS) is 10.9. The Balaban J connectivity index is 2.02. The van der Waals surface area contributed by atoms with Crippen LogP contribution in [-0.4, -0.2) is 35.1 Å². The highest BCUT2D eigenvalue weighted by molar-refractivity contribution is 7.92. The van der Waals surface area contributed by atoms with Crippen LogP contribution in [0.4, 0.5) is 15.8 Å². The van der Waals surface area contributed by atoms with Gasteiger partial charge in [-0.15, -0.1) is 0 Å². The van der Waals surface area contributed by atoms with Gasteiger partial charge in [0.25, 0.3) is 10.0 Å². The Morgan fingerprint density at radius 1 is 0.968 bits per heavy atom. The van der Waals surface area contributed by atoms with Crippen molar-refractivity contribution in [1.82, 2.24) is 0 Å². The summed E-state index contributed by atoms with van der Waals surface area (Å²) in [6.07, 6.45) is 0. The number of hydrogen-bond acceptors (Lipinski definition) is 5. The molecule has 0 aliphatic rings. The van der Waals surface area contributed by atoms with Crippen molar-refractivity contribution < 1.29 is 27.1 Å². The zero-order chi connectivity index (χ0) is 22.4. The molecule has 7 nitrogen and oxygen atoms in total. The van der Waals surface area contributed by atoms with Crippen LogP contribution in [0.1, 0.15) is 0 Å². The highest BCUT2D eigenvalue weighted by atomic mass is 32.2. The maximum atomic E-state index is 13.4. The number of hydrogen-bond donors (Lipinski definition) is 1. The predicted molar refractivity (Wildman–Crippen MR) is 116 cm³/mol. The molecule has 0 saturated carbocycles. The van der Waals surface area contributed by atoms with Gasteiger partial charge in [0.05, 0.1) is 24.8 Å². The molecule has 0 aromatic heterocycles. The van der Waals surface area contributed by atoms with E-state index in [1.807, 2.05) is 0 Å². The minimum atomic E-state index is -4.12. The molecule has 0 atom stereocenters. The van der Waals surface area contributed by atoms with E-state index < -0.39 is 28.3 Å². The molecule has 0 unspecified atom stereocenters. The van der Waals surface area contributed by atoms with Gasteiger partial charge in [0.1, 0.15) is 23.9 Å². The second-order valence-electron chi connectivity index (χ2n) is 6.42. The first-order valence-corrected chi connectivity index (χ1v) is 10.6. The summed E-state index contributed by atoms with van der Waals surface area (Å²) in [5, 5.41) is 2.52. The number of ether oxygens (including phenoxy) is 2. The molecule has 1 amide bonds. The molecule has 0 aliphatic carbocycles. The van der Waals surface area contributed by atoms with Crippen LogP contribution in [-0.2, 0) is 14.8 Å². The smallest absolute Gasteiger partial charge is 0.264 e. The Bertz CT molecular complexity index is 1170. The Labute approximate surface area is 180 Å². The lowest BCUT2D eigenvalue weighted by molar-refractivity contribution is -0.114. The maximum absolute atomic E-state index is 13.4. The van der Waals surface area contributed by atoms with Crippen LogP contribution in [0.2, 0.25) is 0 Å². The van der Waals surface area contributed by atoms with E-state index in [4.69, 9.17) is 9.47 Å². The van der Waals surface area contributed by atoms with Gasteiger partial charge in [0.2, 0.25) is 5.91 Å². The van der Waals surface area contributed by atoms with Crippen LogP contribution in [0.3, 0.4) is 0 Å². The zero-order valence-corrected chi connectivity index (χ0v) is 17.7. The van der Waals surface area contributed by atoms with Gasteiger partial charge >= 0.3 is 0 Å². The van der Waals surface area contributed by atoms with Crippen molar-refractivity contribution in [3.8, 4) is 11.5 Å². The Morgan fingerprint density at radius 3 is 2.35 bits per heavy atom. The fourth-order valence-electron chi connectivity index (χ4n) is 2.91. The van der Waals surface area contributed by atoms with Gasteiger partial charge in [-0.2, -0.15) is 0 Å². The molecule has 0 radical (unpaired) electrons. The summed E-state index contributed by atoms with van der Waals surface area (Å²) in [5.74, 6) is -0.509. The average molecular weight is 444 g/mol. The maximum Gasteiger partial charge on any atom is 0.264 e. The first kappa shape index (κ1) is 22.1. The molecule has 3 aromatic carbocycles. The van der Waals surface area contributed by atoms with E-state index in [1.165, 1.54) is 56.7 Å². The molecule has 31 heavy (non-hydrogen) atoms. The molecular formula is C22H21FN2O5S. The van der Waals surface area contributed by atoms with Crippen LogP contribution < -0.4 is 19.1 Å². The first-order valence-electron chi connectivity index (χ1n) is 9.20. The van der Waals surface area contributed by atoms with E-state index in [9.17, 15) is 17.6 Å². The number of nitrogens with zero attached hydrogens (tertiary/aromatic N) is 1. The van der Waals surface area contributed by atoms with Gasteiger partial charge in [0.15, 0.2) is 0 Å². The number of carbonyl (C=O) groups is 1. The Morgan fingerprint density at radius 2 is 1.71 bits per heavy atom. The summed E-state index contributed by atoms with van der Waals surface area (Å²) >= 11 is 0. The third kappa shape index (κ3) is 5.13. The van der Waals surface area contributed by atoms with Crippen LogP contribution in [0.5, 0.6) is 11.5 Å². The summed E-state index contributed by atoms with van der Waals surface area (Å²) in [4.78, 5) is 12.7. The van der Waals surface area contributed by atoms with Crippen molar-refractivity contribution in [3.63, 3.8) is 0 Å². The number of nitrogens with one attached hydrogen (secondary N) is 1. The Hall–Kier alpha value is -3.59. The second kappa shape index (κ2) is 9.48. The highest BCUT2D eigenvalue weighted by Crippen LogP contribution is 2.35. The van der Waals surface area contributed by atoms with Gasteiger partial charge in [-0.25, -0.2) is 12.8 Å². The number of anilines is 2. The molecule has 0 saturated heterocycles. The number of amides is 1. The van der Waals surface area contributed by atoms with Gasteiger partial charge in [-0.05, 0) is 42.5 Å². The molecular weight excluding hydrogens is 423 g/mol. The van der Waals surface area contributed by atoms with Crippen molar-refractivity contribution >= 4 is 27.3 Å². The molecule has 9 heteroatoms. The molecule has 162 valence electrons. The lowest BCUT2D eigenvalue weighted by Crippen LogP contribution is -2.38. The molecule has 1 N–H and O–H groups in total. The minimum Gasteiger partial charge on any atom is -0.497 e. The molecule has 3 aromatic rings. The lowest BCUT2D eigenvalue weighted by atomic mass is 10.2. The van der Waals surface area contributed by atoms with E-state index >= 15 is 0 Å². The number of methoxy groups -OCH3 is 2. The number of benzene rings is 3. The predicted octanol–water partition coefficient (Wildman–Crippen LogP) is 3.68. The summed E-state index contributed by atoms with van der Waals surface area (Å²) < 4.78 is 51.7. The van der Waals surface area contributed by atoms with E-state index in [0.29, 0.717) is 5.75 Å². The second-order valence-corrected chi connectivity index (χ2v) is 8.28. The number of rotatable bonds is 8. The van der Waals surface area contributed by atoms with E-state index in [1.54, 1.807) is 24.3 Å². The van der Waals surface area contributed by atoms with Crippen molar-refractivity contribution in [2.75, 3.05) is 30.4 Å². The summed E-state index contributed by atoms with van der Waals surface area (Å²) in [6.45, 7) is -0.559. The van der Waals surface area contributed by atoms with Gasteiger partial charge in [-0.3, -0.25) is 9.10 Å². The highest BCUT2D eigenvalue weighted by Gasteiger charge is 2.29. The number of carbonyl (C=O) groups excluding carboxylic acids is 1. The molecule has 0 aliphatic heterocycles. The topological polar surface area (TPSA) is 84.9 Å². The molecule has 0 fully saturated rings. The zero-order valence-electron chi connectivity index (χ0n) is 16.9. The molecule has 0 heterocycles. The van der Waals surface area contributed by atoms with Gasteiger partial charge in [-0.1, -0.05) is 24.3 Å². The molecule has 3 rings (SSSR count). The summed E-state index contributed by atoms with van der Waals surface area (Å²) in [7, 11) is -1.27. The van der Waals surface area contributed by atoms with E-state index in [0.717, 1.165) is 10.4 Å². The third-order valence-corrected chi connectivity index (χ3v) is 6.16. The number of halogens is 1. The van der Waals surface area contributed by atoms with Crippen LogP contribution in [0, 0.1) is 5.82 Å². The van der Waals surface area contributed by atoms with Gasteiger partial charge in [0, 0.05) is 11.8 Å². The molecule has 0 spiro atoms. The van der Waals surface area contributed by atoms with Crippen molar-refractivity contribution in [3.05, 3.63) is 78.6 Å². The standard InChI is InChI=1S/C22H21FN2O5S/c1-29-18-11-12-20(21(14-18)30-2)25(31(27,28)19-9-4-3-5-10-19)15-22(26)24-17-8-6-7-16(23)13-17/h3-14H,15H2,1-2H3,(H,24,26). The monoisotopic (exact) mass is 444 g/mol. The van der Waals surface area contributed by atoms with Gasteiger partial charge < -0.3 is 14.8 Å². The van der Waals surface area contributed by atoms with E-state index in [2.05, 4.69) is 5.32 Å². The minimum absolute atomic E-state index is 0.00595. The molecule has 0 bridgehead atoms. The first-order chi connectivity index (χ1) is 14.8. The fourth-order valence-corrected chi connectivity index (χ4v) is 4.36. The fraction of sp³-hybridized carbons (Fsp3) is 0.136. The van der Waals surface area contributed by atoms with Crippen LogP contribution in [0.25, 0.3) is 0 Å². The van der Waals surface area contributed by atoms with Crippen molar-refractivity contribution in [1.29, 1.82) is 0 Å². The largest absolute Gasteiger partial charge is 0.497 e. The lowest BCUT2D eigenvalue weighted by Gasteiger charge is -2.26. The summed E-state index contributed by atoms with van der Waals surface area (Å²) in [6, 6.07) is 17.6. The van der Waals surface area contributed by atoms with Crippen molar-refractivity contribution in [2.24, 2.45) is 0 Å². The summed E-state index contributed by atoms with van der Waals surface area (Å²) in [5.41, 5.74) is 0.366. The SMILES string of the molecule is COc1ccc(N(CC(=O)Nc2cccc(F)c2)S(=O)(=O)c2ccccc2)c(OC)c1. The average Bonchev–Trinajstić information content (AvgIpc) is 2.77. The van der Waals surface area contributed by atoms with Crippen LogP contribution >= 0.6 is 0 Å². The quantitative estimate of drug-likeness (QED) is 0.573. The number of sulfonamides is 1. The Kier molecular flexibility index (Phi) is 6.76.